The van der Waals surface area contributed by atoms with Gasteiger partial charge in [-0.15, -0.1) is 12.4 Å². The third kappa shape index (κ3) is 3.99. The fourth-order valence-electron chi connectivity index (χ4n) is 2.62. The Kier molecular flexibility index (Phi) is 5.98. The Balaban J connectivity index is 0.00000261. The maximum atomic E-state index is 11.1. The van der Waals surface area contributed by atoms with E-state index < -0.39 is 11.6 Å². The number of aliphatic hydroxyl groups is 1. The van der Waals surface area contributed by atoms with E-state index in [1.165, 1.54) is 19.1 Å². The van der Waals surface area contributed by atoms with E-state index in [-0.39, 0.29) is 24.6 Å². The molecular formula is C19H21ClN2O5. The van der Waals surface area contributed by atoms with Gasteiger partial charge in [-0.05, 0) is 36.8 Å². The molecule has 0 fully saturated rings. The summed E-state index contributed by atoms with van der Waals surface area (Å²) in [5.74, 6) is 0.754. The van der Waals surface area contributed by atoms with Gasteiger partial charge in [0.1, 0.15) is 23.9 Å². The topological polar surface area (TPSA) is 93.8 Å². The lowest BCUT2D eigenvalue weighted by Crippen LogP contribution is -2.31. The minimum Gasteiger partial charge on any atom is -0.497 e. The monoisotopic (exact) mass is 392 g/mol. The van der Waals surface area contributed by atoms with Crippen molar-refractivity contribution in [3.8, 4) is 11.5 Å². The Morgan fingerprint density at radius 1 is 1.19 bits per heavy atom. The van der Waals surface area contributed by atoms with Crippen LogP contribution in [0.15, 0.2) is 42.5 Å². The molecule has 27 heavy (non-hydrogen) atoms. The molecule has 0 aliphatic carbocycles. The second kappa shape index (κ2) is 7.85. The first-order chi connectivity index (χ1) is 12.3. The van der Waals surface area contributed by atoms with E-state index in [1.54, 1.807) is 19.2 Å². The molecule has 3 aromatic rings. The van der Waals surface area contributed by atoms with Crippen LogP contribution in [-0.2, 0) is 24.1 Å². The molecule has 0 aliphatic heterocycles. The van der Waals surface area contributed by atoms with Crippen LogP contribution in [0.25, 0.3) is 11.0 Å². The van der Waals surface area contributed by atoms with Gasteiger partial charge in [0.2, 0.25) is 0 Å². The molecule has 144 valence electrons. The fraction of sp³-hybridized carbons (Fsp3) is 0.263. The molecule has 0 radical (unpaired) electrons. The van der Waals surface area contributed by atoms with E-state index in [9.17, 15) is 9.90 Å². The zero-order valence-electron chi connectivity index (χ0n) is 15.2. The van der Waals surface area contributed by atoms with Crippen LogP contribution in [0.5, 0.6) is 11.5 Å². The third-order valence-corrected chi connectivity index (χ3v) is 4.38. The van der Waals surface area contributed by atoms with Crippen LogP contribution in [-0.4, -0.2) is 32.8 Å². The average molecular weight is 393 g/mol. The van der Waals surface area contributed by atoms with Gasteiger partial charge in [0.05, 0.1) is 18.1 Å². The summed E-state index contributed by atoms with van der Waals surface area (Å²) in [4.78, 5) is 15.6. The van der Waals surface area contributed by atoms with Crippen LogP contribution in [0, 0.1) is 0 Å². The molecule has 8 heteroatoms. The molecule has 0 spiro atoms. The molecule has 1 unspecified atom stereocenters. The standard InChI is InChI=1S/C19H20N2O5.ClH/c1-19(24,18(22)23)12-4-6-13(7-5-12)26-11-17-20-15-9-8-14(25-3)10-16(15)21(17)2;/h4-10,24H,11H2,1-3H3,(H,22,23);1H. The molecule has 0 amide bonds. The Morgan fingerprint density at radius 3 is 2.41 bits per heavy atom. The number of aryl methyl sites for hydroxylation is 1. The normalized spacial score (nSPS) is 12.9. The van der Waals surface area contributed by atoms with Gasteiger partial charge in [0, 0.05) is 13.1 Å². The van der Waals surface area contributed by atoms with Crippen molar-refractivity contribution in [2.45, 2.75) is 19.1 Å². The highest BCUT2D eigenvalue weighted by molar-refractivity contribution is 5.85. The highest BCUT2D eigenvalue weighted by Gasteiger charge is 2.31. The number of hydrogen-bond donors (Lipinski definition) is 2. The van der Waals surface area contributed by atoms with E-state index in [2.05, 4.69) is 4.98 Å². The number of imidazole rings is 1. The molecule has 0 aliphatic rings. The number of carboxylic acids is 1. The summed E-state index contributed by atoms with van der Waals surface area (Å²) in [6.07, 6.45) is 0. The van der Waals surface area contributed by atoms with Crippen molar-refractivity contribution >= 4 is 29.4 Å². The minimum absolute atomic E-state index is 0. The van der Waals surface area contributed by atoms with E-state index in [4.69, 9.17) is 14.6 Å². The minimum atomic E-state index is -1.94. The molecule has 1 aromatic heterocycles. The number of rotatable bonds is 6. The first-order valence-electron chi connectivity index (χ1n) is 8.01. The Bertz CT molecular complexity index is 951. The second-order valence-corrected chi connectivity index (χ2v) is 6.13. The summed E-state index contributed by atoms with van der Waals surface area (Å²) in [5, 5.41) is 19.0. The summed E-state index contributed by atoms with van der Waals surface area (Å²) in [7, 11) is 3.52. The van der Waals surface area contributed by atoms with Gasteiger partial charge in [0.15, 0.2) is 5.60 Å². The second-order valence-electron chi connectivity index (χ2n) is 6.13. The van der Waals surface area contributed by atoms with Gasteiger partial charge in [0.25, 0.3) is 0 Å². The number of fused-ring (bicyclic) bond motifs is 1. The number of halogens is 1. The molecule has 0 saturated heterocycles. The average Bonchev–Trinajstić information content (AvgIpc) is 2.95. The van der Waals surface area contributed by atoms with Crippen LogP contribution >= 0.6 is 12.4 Å². The lowest BCUT2D eigenvalue weighted by Gasteiger charge is -2.18. The van der Waals surface area contributed by atoms with Crippen molar-refractivity contribution in [1.82, 2.24) is 9.55 Å². The van der Waals surface area contributed by atoms with E-state index >= 15 is 0 Å². The first kappa shape index (κ1) is 20.5. The number of nitrogens with zero attached hydrogens (tertiary/aromatic N) is 2. The number of carboxylic acid groups (broad SMARTS) is 1. The smallest absolute Gasteiger partial charge is 0.340 e. The molecule has 7 nitrogen and oxygen atoms in total. The molecule has 0 saturated carbocycles. The lowest BCUT2D eigenvalue weighted by molar-refractivity contribution is -0.157. The Morgan fingerprint density at radius 2 is 1.81 bits per heavy atom. The van der Waals surface area contributed by atoms with Gasteiger partial charge in [-0.2, -0.15) is 0 Å². The van der Waals surface area contributed by atoms with Gasteiger partial charge in [-0.25, -0.2) is 9.78 Å². The van der Waals surface area contributed by atoms with Gasteiger partial charge >= 0.3 is 5.97 Å². The van der Waals surface area contributed by atoms with Crippen molar-refractivity contribution in [3.05, 3.63) is 53.9 Å². The van der Waals surface area contributed by atoms with Crippen LogP contribution < -0.4 is 9.47 Å². The number of aliphatic carboxylic acids is 1. The zero-order valence-corrected chi connectivity index (χ0v) is 16.0. The van der Waals surface area contributed by atoms with Crippen molar-refractivity contribution < 1.29 is 24.5 Å². The lowest BCUT2D eigenvalue weighted by atomic mass is 9.96. The fourth-order valence-corrected chi connectivity index (χ4v) is 2.62. The van der Waals surface area contributed by atoms with E-state index in [1.807, 2.05) is 29.8 Å². The van der Waals surface area contributed by atoms with Crippen molar-refractivity contribution in [3.63, 3.8) is 0 Å². The summed E-state index contributed by atoms with van der Waals surface area (Å²) in [5.41, 5.74) is 0.136. The largest absolute Gasteiger partial charge is 0.497 e. The van der Waals surface area contributed by atoms with Crippen LogP contribution in [0.1, 0.15) is 18.3 Å². The van der Waals surface area contributed by atoms with Crippen molar-refractivity contribution in [1.29, 1.82) is 0 Å². The summed E-state index contributed by atoms with van der Waals surface area (Å²) in [6, 6.07) is 12.0. The van der Waals surface area contributed by atoms with Gasteiger partial charge in [-0.3, -0.25) is 0 Å². The molecule has 2 aromatic carbocycles. The molecular weight excluding hydrogens is 372 g/mol. The summed E-state index contributed by atoms with van der Waals surface area (Å²) < 4.78 is 12.9. The number of aromatic nitrogens is 2. The third-order valence-electron chi connectivity index (χ3n) is 4.38. The maximum Gasteiger partial charge on any atom is 0.340 e. The highest BCUT2D eigenvalue weighted by atomic mass is 35.5. The first-order valence-corrected chi connectivity index (χ1v) is 8.01. The molecule has 2 N–H and O–H groups in total. The number of benzene rings is 2. The summed E-state index contributed by atoms with van der Waals surface area (Å²) >= 11 is 0. The van der Waals surface area contributed by atoms with Crippen molar-refractivity contribution in [2.75, 3.05) is 7.11 Å². The molecule has 1 heterocycles. The molecule has 3 rings (SSSR count). The van der Waals surface area contributed by atoms with Crippen LogP contribution in [0.3, 0.4) is 0 Å². The highest BCUT2D eigenvalue weighted by Crippen LogP contribution is 2.25. The Labute approximate surface area is 162 Å². The van der Waals surface area contributed by atoms with Crippen LogP contribution in [0.4, 0.5) is 0 Å². The predicted octanol–water partition coefficient (Wildman–Crippen LogP) is 2.87. The quantitative estimate of drug-likeness (QED) is 0.670. The van der Waals surface area contributed by atoms with Gasteiger partial charge < -0.3 is 24.3 Å². The molecule has 1 atom stereocenters. The predicted molar refractivity (Wildman–Crippen MR) is 102 cm³/mol. The van der Waals surface area contributed by atoms with E-state index in [0.717, 1.165) is 22.6 Å². The number of methoxy groups -OCH3 is 1. The SMILES string of the molecule is COc1ccc2nc(COc3ccc(C(C)(O)C(=O)O)cc3)n(C)c2c1.Cl. The number of carbonyl (C=O) groups is 1. The summed E-state index contributed by atoms with van der Waals surface area (Å²) in [6.45, 7) is 1.49. The van der Waals surface area contributed by atoms with Crippen LogP contribution in [0.2, 0.25) is 0 Å². The molecule has 0 bridgehead atoms. The zero-order chi connectivity index (χ0) is 18.9. The number of hydrogen-bond acceptors (Lipinski definition) is 5. The van der Waals surface area contributed by atoms with E-state index in [0.29, 0.717) is 5.75 Å². The Hall–Kier alpha value is -2.77. The number of ether oxygens (including phenoxy) is 2. The van der Waals surface area contributed by atoms with Crippen molar-refractivity contribution in [2.24, 2.45) is 7.05 Å². The maximum absolute atomic E-state index is 11.1. The van der Waals surface area contributed by atoms with Gasteiger partial charge in [-0.1, -0.05) is 12.1 Å².